The summed E-state index contributed by atoms with van der Waals surface area (Å²) in [6.45, 7) is 3.67. The molecule has 1 heterocycles. The zero-order chi connectivity index (χ0) is 15.8. The molecule has 1 aromatic carbocycles. The minimum Gasteiger partial charge on any atom is -0.489 e. The Labute approximate surface area is 123 Å². The van der Waals surface area contributed by atoms with Gasteiger partial charge >= 0.3 is 5.97 Å². The Kier molecular flexibility index (Phi) is 6.68. The first kappa shape index (κ1) is 17.0. The highest BCUT2D eigenvalue weighted by Crippen LogP contribution is 2.24. The van der Waals surface area contributed by atoms with Gasteiger partial charge in [-0.3, -0.25) is 9.59 Å². The Balaban J connectivity index is 0.000000491. The number of hydrogen-bond acceptors (Lipinski definition) is 4. The van der Waals surface area contributed by atoms with Crippen LogP contribution in [0.3, 0.4) is 0 Å². The Morgan fingerprint density at radius 3 is 2.33 bits per heavy atom. The van der Waals surface area contributed by atoms with Crippen LogP contribution in [0.5, 0.6) is 5.75 Å². The predicted molar refractivity (Wildman–Crippen MR) is 77.4 cm³/mol. The molecule has 0 radical (unpaired) electrons. The van der Waals surface area contributed by atoms with Crippen molar-refractivity contribution in [3.63, 3.8) is 0 Å². The smallest absolute Gasteiger partial charge is 0.321 e. The number of para-hydroxylation sites is 1. The fraction of sp³-hybridized carbons (Fsp3) is 0.467. The maximum absolute atomic E-state index is 11.1. The van der Waals surface area contributed by atoms with Crippen LogP contribution in [0.1, 0.15) is 20.3 Å². The molecule has 1 saturated heterocycles. The van der Waals surface area contributed by atoms with Crippen molar-refractivity contribution in [2.45, 2.75) is 32.4 Å². The van der Waals surface area contributed by atoms with E-state index < -0.39 is 18.0 Å². The molecule has 0 aromatic heterocycles. The number of hydrogen-bond donors (Lipinski definition) is 3. The number of aliphatic carboxylic acids is 2. The normalized spacial score (nSPS) is 23.8. The van der Waals surface area contributed by atoms with Crippen molar-refractivity contribution in [3.05, 3.63) is 30.3 Å². The number of ether oxygens (including phenoxy) is 1. The minimum absolute atomic E-state index is 0.0210. The first-order valence-electron chi connectivity index (χ1n) is 6.83. The lowest BCUT2D eigenvalue weighted by Crippen LogP contribution is -2.36. The van der Waals surface area contributed by atoms with Crippen molar-refractivity contribution in [1.29, 1.82) is 0 Å². The molecule has 3 N–H and O–H groups in total. The van der Waals surface area contributed by atoms with Crippen molar-refractivity contribution in [2.24, 2.45) is 5.92 Å². The fourth-order valence-electron chi connectivity index (χ4n) is 2.33. The average molecular weight is 295 g/mol. The summed E-state index contributed by atoms with van der Waals surface area (Å²) in [5, 5.41) is 19.5. The molecule has 3 atom stereocenters. The van der Waals surface area contributed by atoms with E-state index in [1.807, 2.05) is 37.3 Å². The van der Waals surface area contributed by atoms with Crippen LogP contribution in [0.15, 0.2) is 30.3 Å². The zero-order valence-corrected chi connectivity index (χ0v) is 12.2. The van der Waals surface area contributed by atoms with E-state index in [1.54, 1.807) is 0 Å². The number of rotatable bonds is 4. The number of benzene rings is 1. The summed E-state index contributed by atoms with van der Waals surface area (Å²) in [7, 11) is 0. The molecular formula is C15H21NO5. The molecule has 2 rings (SSSR count). The average Bonchev–Trinajstić information content (AvgIpc) is 2.82. The van der Waals surface area contributed by atoms with Crippen molar-refractivity contribution >= 4 is 11.9 Å². The summed E-state index contributed by atoms with van der Waals surface area (Å²) in [6.07, 6.45) is 0.727. The maximum Gasteiger partial charge on any atom is 0.321 e. The van der Waals surface area contributed by atoms with Crippen LogP contribution in [0, 0.1) is 5.92 Å². The molecule has 0 unspecified atom stereocenters. The van der Waals surface area contributed by atoms with Gasteiger partial charge in [0.1, 0.15) is 17.9 Å². The van der Waals surface area contributed by atoms with Crippen LogP contribution < -0.4 is 10.1 Å². The third-order valence-electron chi connectivity index (χ3n) is 3.21. The molecule has 1 aliphatic rings. The van der Waals surface area contributed by atoms with Crippen LogP contribution in [0.25, 0.3) is 0 Å². The first-order chi connectivity index (χ1) is 9.95. The van der Waals surface area contributed by atoms with Gasteiger partial charge in [-0.1, -0.05) is 25.1 Å². The molecule has 1 aromatic rings. The second-order valence-electron chi connectivity index (χ2n) is 4.78. The van der Waals surface area contributed by atoms with Gasteiger partial charge in [-0.05, 0) is 18.6 Å². The molecule has 6 nitrogen and oxygen atoms in total. The van der Waals surface area contributed by atoms with Crippen molar-refractivity contribution in [2.75, 3.05) is 6.54 Å². The third-order valence-corrected chi connectivity index (χ3v) is 3.21. The van der Waals surface area contributed by atoms with Crippen LogP contribution in [0.2, 0.25) is 0 Å². The van der Waals surface area contributed by atoms with Gasteiger partial charge in [-0.25, -0.2) is 0 Å². The second kappa shape index (κ2) is 8.26. The second-order valence-corrected chi connectivity index (χ2v) is 4.78. The van der Waals surface area contributed by atoms with E-state index in [0.29, 0.717) is 6.54 Å². The molecule has 0 bridgehead atoms. The molecule has 21 heavy (non-hydrogen) atoms. The molecule has 6 heteroatoms. The Bertz CT molecular complexity index is 458. The van der Waals surface area contributed by atoms with Gasteiger partial charge in [0.25, 0.3) is 5.97 Å². The molecule has 0 aliphatic carbocycles. The van der Waals surface area contributed by atoms with Gasteiger partial charge < -0.3 is 20.3 Å². The summed E-state index contributed by atoms with van der Waals surface area (Å²) in [5.74, 6) is -0.812. The fourth-order valence-corrected chi connectivity index (χ4v) is 2.33. The molecule has 1 aliphatic heterocycles. The van der Waals surface area contributed by atoms with Crippen LogP contribution in [-0.4, -0.2) is 40.8 Å². The summed E-state index contributed by atoms with van der Waals surface area (Å²) >= 11 is 0. The van der Waals surface area contributed by atoms with Gasteiger partial charge in [0.2, 0.25) is 0 Å². The predicted octanol–water partition coefficient (Wildman–Crippen LogP) is 1.61. The van der Waals surface area contributed by atoms with Crippen LogP contribution in [-0.2, 0) is 9.59 Å². The van der Waals surface area contributed by atoms with Gasteiger partial charge in [-0.15, -0.1) is 0 Å². The van der Waals surface area contributed by atoms with Gasteiger partial charge in [0, 0.05) is 19.4 Å². The first-order valence-corrected chi connectivity index (χ1v) is 6.83. The van der Waals surface area contributed by atoms with E-state index in [-0.39, 0.29) is 12.0 Å². The molecule has 116 valence electrons. The summed E-state index contributed by atoms with van der Waals surface area (Å²) in [6, 6.07) is 9.04. The van der Waals surface area contributed by atoms with E-state index in [2.05, 4.69) is 5.32 Å². The number of carbonyl (C=O) groups is 2. The van der Waals surface area contributed by atoms with Crippen LogP contribution in [0.4, 0.5) is 0 Å². The van der Waals surface area contributed by atoms with Crippen molar-refractivity contribution < 1.29 is 24.5 Å². The largest absolute Gasteiger partial charge is 0.489 e. The molecule has 0 amide bonds. The van der Waals surface area contributed by atoms with Gasteiger partial charge in [0.05, 0.1) is 0 Å². The van der Waals surface area contributed by atoms with Crippen molar-refractivity contribution in [3.8, 4) is 5.75 Å². The number of nitrogens with one attached hydrogen (secondary N) is 1. The van der Waals surface area contributed by atoms with E-state index in [4.69, 9.17) is 19.7 Å². The van der Waals surface area contributed by atoms with Crippen LogP contribution >= 0.6 is 0 Å². The van der Waals surface area contributed by atoms with E-state index in [0.717, 1.165) is 19.1 Å². The Morgan fingerprint density at radius 1 is 1.29 bits per heavy atom. The lowest BCUT2D eigenvalue weighted by molar-refractivity contribution is -0.140. The van der Waals surface area contributed by atoms with Crippen molar-refractivity contribution in [1.82, 2.24) is 5.32 Å². The third kappa shape index (κ3) is 5.43. The van der Waals surface area contributed by atoms with E-state index in [9.17, 15) is 4.79 Å². The van der Waals surface area contributed by atoms with E-state index in [1.165, 1.54) is 0 Å². The number of carboxylic acids is 2. The van der Waals surface area contributed by atoms with Gasteiger partial charge in [0.15, 0.2) is 0 Å². The summed E-state index contributed by atoms with van der Waals surface area (Å²) in [5.41, 5.74) is 0. The van der Waals surface area contributed by atoms with E-state index >= 15 is 0 Å². The minimum atomic E-state index is -0.833. The highest BCUT2D eigenvalue weighted by atomic mass is 16.5. The standard InChI is InChI=1S/C13H17NO3.C2H4O2/c1-2-10-11(8-14-12(10)13(15)16)17-9-6-4-3-5-7-9;1-2(3)4/h3-7,10-12,14H,2,8H2,1H3,(H,15,16);1H3,(H,3,4)/t10-,11+,12-;/m0./s1. The highest BCUT2D eigenvalue weighted by Gasteiger charge is 2.40. The maximum atomic E-state index is 11.1. The number of carboxylic acid groups (broad SMARTS) is 2. The SMILES string of the molecule is CC(=O)O.CC[C@@H]1[C@@H](C(=O)O)NC[C@H]1Oc1ccccc1. The summed E-state index contributed by atoms with van der Waals surface area (Å²) in [4.78, 5) is 20.1. The topological polar surface area (TPSA) is 95.9 Å². The molecule has 0 saturated carbocycles. The Hall–Kier alpha value is -2.08. The highest BCUT2D eigenvalue weighted by molar-refractivity contribution is 5.74. The quantitative estimate of drug-likeness (QED) is 0.781. The monoisotopic (exact) mass is 295 g/mol. The zero-order valence-electron chi connectivity index (χ0n) is 12.2. The lowest BCUT2D eigenvalue weighted by atomic mass is 9.95. The molecule has 1 fully saturated rings. The molecular weight excluding hydrogens is 274 g/mol. The summed E-state index contributed by atoms with van der Waals surface area (Å²) < 4.78 is 5.83. The van der Waals surface area contributed by atoms with Gasteiger partial charge in [-0.2, -0.15) is 0 Å². The Morgan fingerprint density at radius 2 is 1.86 bits per heavy atom. The molecule has 0 spiro atoms. The lowest BCUT2D eigenvalue weighted by Gasteiger charge is -2.21.